The van der Waals surface area contributed by atoms with E-state index in [1.54, 1.807) is 37.3 Å². The van der Waals surface area contributed by atoms with Gasteiger partial charge in [0.15, 0.2) is 5.78 Å². The van der Waals surface area contributed by atoms with Gasteiger partial charge >= 0.3 is 0 Å². The molecule has 0 aliphatic heterocycles. The highest BCUT2D eigenvalue weighted by Crippen LogP contribution is 2.47. The Morgan fingerprint density at radius 3 is 2.44 bits per heavy atom. The number of carbonyl (C=O) groups is 1. The Balaban J connectivity index is 1.96. The number of hydrogen-bond acceptors (Lipinski definition) is 5. The summed E-state index contributed by atoms with van der Waals surface area (Å²) in [5.41, 5.74) is 2.08. The molecule has 3 N–H and O–H groups in total. The molecule has 0 saturated heterocycles. The zero-order chi connectivity index (χ0) is 17.9. The van der Waals surface area contributed by atoms with E-state index >= 15 is 0 Å². The van der Waals surface area contributed by atoms with Crippen molar-refractivity contribution in [2.75, 3.05) is 7.11 Å². The second kappa shape index (κ2) is 5.39. The minimum atomic E-state index is -1.09. The second-order valence-corrected chi connectivity index (χ2v) is 7.14. The van der Waals surface area contributed by atoms with E-state index in [2.05, 4.69) is 0 Å². The highest BCUT2D eigenvalue weighted by molar-refractivity contribution is 6.01. The standard InChI is InChI=1S/C20H20O5/c1-20(24)8-10-6-7-12-17(15(10)13(21)9-20)19(23)11-4-3-5-14(25-2)16(11)18(12)22/h3-7,18-19,22-24H,8-9H2,1-2H3/t18-,19+,20+/m1/s1. The minimum Gasteiger partial charge on any atom is -0.496 e. The Kier molecular flexibility index (Phi) is 3.51. The van der Waals surface area contributed by atoms with Crippen molar-refractivity contribution >= 4 is 5.78 Å². The average molecular weight is 340 g/mol. The number of fused-ring (bicyclic) bond motifs is 4. The summed E-state index contributed by atoms with van der Waals surface area (Å²) >= 11 is 0. The summed E-state index contributed by atoms with van der Waals surface area (Å²) in [5.74, 6) is 0.294. The normalized spacial score (nSPS) is 27.3. The molecule has 0 fully saturated rings. The molecule has 0 radical (unpaired) electrons. The van der Waals surface area contributed by atoms with Gasteiger partial charge in [-0.25, -0.2) is 0 Å². The smallest absolute Gasteiger partial charge is 0.166 e. The van der Waals surface area contributed by atoms with Crippen molar-refractivity contribution in [3.05, 3.63) is 63.7 Å². The van der Waals surface area contributed by atoms with Crippen LogP contribution in [0.3, 0.4) is 0 Å². The monoisotopic (exact) mass is 340 g/mol. The van der Waals surface area contributed by atoms with Gasteiger partial charge in [-0.1, -0.05) is 24.3 Å². The van der Waals surface area contributed by atoms with E-state index in [1.807, 2.05) is 0 Å². The molecule has 5 nitrogen and oxygen atoms in total. The number of ketones is 1. The molecule has 0 spiro atoms. The number of aliphatic hydroxyl groups is 3. The van der Waals surface area contributed by atoms with Crippen molar-refractivity contribution in [1.82, 2.24) is 0 Å². The minimum absolute atomic E-state index is 0.00420. The van der Waals surface area contributed by atoms with Gasteiger partial charge in [-0.3, -0.25) is 4.79 Å². The van der Waals surface area contributed by atoms with Gasteiger partial charge in [0, 0.05) is 29.5 Å². The number of hydrogen-bond donors (Lipinski definition) is 3. The van der Waals surface area contributed by atoms with Gasteiger partial charge in [-0.2, -0.15) is 0 Å². The molecule has 25 heavy (non-hydrogen) atoms. The summed E-state index contributed by atoms with van der Waals surface area (Å²) in [4.78, 5) is 12.7. The Morgan fingerprint density at radius 1 is 1.04 bits per heavy atom. The van der Waals surface area contributed by atoms with E-state index in [0.717, 1.165) is 0 Å². The average Bonchev–Trinajstić information content (AvgIpc) is 2.57. The molecule has 3 atom stereocenters. The predicted octanol–water partition coefficient (Wildman–Crippen LogP) is 2.05. The molecule has 0 heterocycles. The van der Waals surface area contributed by atoms with Gasteiger partial charge in [0.1, 0.15) is 18.0 Å². The van der Waals surface area contributed by atoms with Crippen molar-refractivity contribution in [2.45, 2.75) is 37.6 Å². The van der Waals surface area contributed by atoms with Crippen LogP contribution in [0.4, 0.5) is 0 Å². The van der Waals surface area contributed by atoms with Crippen LogP contribution < -0.4 is 4.74 Å². The van der Waals surface area contributed by atoms with Gasteiger partial charge in [0.25, 0.3) is 0 Å². The van der Waals surface area contributed by atoms with Gasteiger partial charge < -0.3 is 20.1 Å². The Morgan fingerprint density at radius 2 is 1.72 bits per heavy atom. The number of ether oxygens (including phenoxy) is 1. The predicted molar refractivity (Wildman–Crippen MR) is 90.8 cm³/mol. The van der Waals surface area contributed by atoms with E-state index in [0.29, 0.717) is 45.6 Å². The first-order chi connectivity index (χ1) is 11.8. The maximum absolute atomic E-state index is 12.7. The highest BCUT2D eigenvalue weighted by Gasteiger charge is 2.40. The maximum Gasteiger partial charge on any atom is 0.166 e. The topological polar surface area (TPSA) is 87.0 Å². The summed E-state index contributed by atoms with van der Waals surface area (Å²) in [6, 6.07) is 8.71. The van der Waals surface area contributed by atoms with Crippen LogP contribution >= 0.6 is 0 Å². The first kappa shape index (κ1) is 16.3. The van der Waals surface area contributed by atoms with Crippen LogP contribution in [0.2, 0.25) is 0 Å². The Labute approximate surface area is 145 Å². The number of benzene rings is 2. The Hall–Kier alpha value is -2.21. The van der Waals surface area contributed by atoms with Crippen LogP contribution in [0.25, 0.3) is 0 Å². The lowest BCUT2D eigenvalue weighted by molar-refractivity contribution is 0.0406. The molecule has 2 aliphatic carbocycles. The number of methoxy groups -OCH3 is 1. The molecule has 0 bridgehead atoms. The van der Waals surface area contributed by atoms with Crippen LogP contribution in [0, 0.1) is 0 Å². The van der Waals surface area contributed by atoms with E-state index < -0.39 is 17.8 Å². The fourth-order valence-electron chi connectivity index (χ4n) is 4.18. The first-order valence-corrected chi connectivity index (χ1v) is 8.28. The molecule has 0 saturated carbocycles. The third-order valence-corrected chi connectivity index (χ3v) is 5.21. The molecule has 4 rings (SSSR count). The molecule has 0 unspecified atom stereocenters. The number of aliphatic hydroxyl groups excluding tert-OH is 2. The summed E-state index contributed by atoms with van der Waals surface area (Å²) < 4.78 is 5.34. The van der Waals surface area contributed by atoms with Gasteiger partial charge in [-0.15, -0.1) is 0 Å². The number of rotatable bonds is 1. The van der Waals surface area contributed by atoms with Crippen molar-refractivity contribution in [2.24, 2.45) is 0 Å². The summed E-state index contributed by atoms with van der Waals surface area (Å²) in [7, 11) is 1.52. The molecular weight excluding hydrogens is 320 g/mol. The molecule has 0 amide bonds. The van der Waals surface area contributed by atoms with Crippen molar-refractivity contribution in [3.8, 4) is 5.75 Å². The van der Waals surface area contributed by atoms with Gasteiger partial charge in [0.2, 0.25) is 0 Å². The van der Waals surface area contributed by atoms with Gasteiger partial charge in [-0.05, 0) is 29.7 Å². The Bertz CT molecular complexity index is 884. The zero-order valence-electron chi connectivity index (χ0n) is 14.1. The van der Waals surface area contributed by atoms with E-state index in [1.165, 1.54) is 7.11 Å². The van der Waals surface area contributed by atoms with Crippen molar-refractivity contribution in [3.63, 3.8) is 0 Å². The SMILES string of the molecule is COc1cccc2c1[C@H](O)c1ccc3c(c1[C@H]2O)C(=O)C[C@@](C)(O)C3. The number of Topliss-reactive ketones (excluding diaryl/α,β-unsaturated/α-hetero) is 1. The van der Waals surface area contributed by atoms with Crippen molar-refractivity contribution in [1.29, 1.82) is 0 Å². The summed E-state index contributed by atoms with van der Waals surface area (Å²) in [6.45, 7) is 1.64. The third kappa shape index (κ3) is 2.31. The fraction of sp³-hybridized carbons (Fsp3) is 0.350. The first-order valence-electron chi connectivity index (χ1n) is 8.28. The van der Waals surface area contributed by atoms with Crippen LogP contribution in [-0.4, -0.2) is 33.8 Å². The van der Waals surface area contributed by atoms with Gasteiger partial charge in [0.05, 0.1) is 12.7 Å². The summed E-state index contributed by atoms with van der Waals surface area (Å²) in [5, 5.41) is 32.1. The van der Waals surface area contributed by atoms with Crippen LogP contribution in [0.15, 0.2) is 30.3 Å². The van der Waals surface area contributed by atoms with Crippen LogP contribution in [-0.2, 0) is 6.42 Å². The second-order valence-electron chi connectivity index (χ2n) is 7.14. The van der Waals surface area contributed by atoms with E-state index in [-0.39, 0.29) is 12.2 Å². The molecule has 2 aromatic rings. The summed E-state index contributed by atoms with van der Waals surface area (Å²) in [6.07, 6.45) is -1.66. The maximum atomic E-state index is 12.7. The molecular formula is C20H20O5. The molecule has 0 aromatic heterocycles. The van der Waals surface area contributed by atoms with Crippen molar-refractivity contribution < 1.29 is 24.9 Å². The molecule has 2 aromatic carbocycles. The van der Waals surface area contributed by atoms with Crippen LogP contribution in [0.5, 0.6) is 5.75 Å². The highest BCUT2D eigenvalue weighted by atomic mass is 16.5. The lowest BCUT2D eigenvalue weighted by Gasteiger charge is -2.36. The lowest BCUT2D eigenvalue weighted by Crippen LogP contribution is -2.37. The number of carbonyl (C=O) groups excluding carboxylic acids is 1. The third-order valence-electron chi connectivity index (χ3n) is 5.21. The van der Waals surface area contributed by atoms with E-state index in [4.69, 9.17) is 4.74 Å². The quantitative estimate of drug-likeness (QED) is 0.740. The van der Waals surface area contributed by atoms with Crippen LogP contribution in [0.1, 0.15) is 63.7 Å². The fourth-order valence-corrected chi connectivity index (χ4v) is 4.18. The largest absolute Gasteiger partial charge is 0.496 e. The molecule has 130 valence electrons. The molecule has 2 aliphatic rings. The lowest BCUT2D eigenvalue weighted by atomic mass is 9.72. The molecule has 5 heteroatoms. The zero-order valence-corrected chi connectivity index (χ0v) is 14.1. The van der Waals surface area contributed by atoms with E-state index in [9.17, 15) is 20.1 Å².